The Labute approximate surface area is 112 Å². The fourth-order valence-electron chi connectivity index (χ4n) is 1.86. The molecule has 0 atom stereocenters. The number of nitrogens with two attached hydrogens (primary N) is 1. The maximum Gasteiger partial charge on any atom is 0.0410 e. The van der Waals surface area contributed by atoms with Crippen molar-refractivity contribution in [2.75, 3.05) is 12.8 Å². The largest absolute Gasteiger partial charge is 0.398 e. The lowest BCUT2D eigenvalue weighted by Gasteiger charge is -2.18. The van der Waals surface area contributed by atoms with E-state index in [1.165, 1.54) is 5.56 Å². The molecule has 0 saturated carbocycles. The van der Waals surface area contributed by atoms with Gasteiger partial charge in [-0.05, 0) is 48.5 Å². The third-order valence-electron chi connectivity index (χ3n) is 2.75. The molecule has 1 aromatic carbocycles. The molecule has 2 N–H and O–H groups in total. The summed E-state index contributed by atoms with van der Waals surface area (Å²) in [6, 6.07) is 9.59. The zero-order chi connectivity index (χ0) is 13.0. The molecule has 0 fully saturated rings. The number of hydrogen-bond donors (Lipinski definition) is 1. The van der Waals surface area contributed by atoms with Crippen molar-refractivity contribution in [2.24, 2.45) is 0 Å². The van der Waals surface area contributed by atoms with Gasteiger partial charge in [-0.15, -0.1) is 0 Å². The molecule has 0 bridgehead atoms. The lowest BCUT2D eigenvalue weighted by molar-refractivity contribution is 0.319. The molecule has 4 heteroatoms. The average molecular weight is 262 g/mol. The van der Waals surface area contributed by atoms with Gasteiger partial charge in [-0.25, -0.2) is 0 Å². The van der Waals surface area contributed by atoms with Gasteiger partial charge in [0, 0.05) is 36.2 Å². The number of rotatable bonds is 4. The Balaban J connectivity index is 2.03. The van der Waals surface area contributed by atoms with Gasteiger partial charge < -0.3 is 5.73 Å². The predicted octanol–water partition coefficient (Wildman–Crippen LogP) is 2.95. The quantitative estimate of drug-likeness (QED) is 0.861. The Morgan fingerprint density at radius 1 is 1.17 bits per heavy atom. The monoisotopic (exact) mass is 261 g/mol. The second kappa shape index (κ2) is 5.85. The molecule has 94 valence electrons. The first-order valence-corrected chi connectivity index (χ1v) is 6.14. The summed E-state index contributed by atoms with van der Waals surface area (Å²) < 4.78 is 0. The molecule has 2 aromatic rings. The highest BCUT2D eigenvalue weighted by Gasteiger charge is 2.05. The summed E-state index contributed by atoms with van der Waals surface area (Å²) in [7, 11) is 2.06. The van der Waals surface area contributed by atoms with Crippen LogP contribution >= 0.6 is 11.6 Å². The highest BCUT2D eigenvalue weighted by atomic mass is 35.5. The number of halogens is 1. The van der Waals surface area contributed by atoms with E-state index in [2.05, 4.69) is 16.9 Å². The van der Waals surface area contributed by atoms with Crippen LogP contribution in [0.15, 0.2) is 42.7 Å². The van der Waals surface area contributed by atoms with Gasteiger partial charge in [0.2, 0.25) is 0 Å². The molecule has 0 radical (unpaired) electrons. The van der Waals surface area contributed by atoms with Gasteiger partial charge in [0.05, 0.1) is 0 Å². The van der Waals surface area contributed by atoms with Gasteiger partial charge in [-0.2, -0.15) is 0 Å². The maximum absolute atomic E-state index is 5.98. The molecule has 3 nitrogen and oxygen atoms in total. The molecule has 0 aliphatic carbocycles. The molecule has 0 unspecified atom stereocenters. The summed E-state index contributed by atoms with van der Waals surface area (Å²) in [6.07, 6.45) is 3.60. The summed E-state index contributed by atoms with van der Waals surface area (Å²) in [5.74, 6) is 0. The molecule has 0 amide bonds. The minimum Gasteiger partial charge on any atom is -0.398 e. The fourth-order valence-corrected chi connectivity index (χ4v) is 2.05. The van der Waals surface area contributed by atoms with E-state index in [9.17, 15) is 0 Å². The molecular formula is C14H16ClN3. The van der Waals surface area contributed by atoms with E-state index in [0.29, 0.717) is 0 Å². The third kappa shape index (κ3) is 3.45. The molecule has 0 spiro atoms. The van der Waals surface area contributed by atoms with Gasteiger partial charge in [0.1, 0.15) is 0 Å². The van der Waals surface area contributed by atoms with Crippen molar-refractivity contribution in [2.45, 2.75) is 13.1 Å². The number of pyridine rings is 1. The van der Waals surface area contributed by atoms with Crippen LogP contribution in [0.25, 0.3) is 0 Å². The Bertz CT molecular complexity index is 514. The summed E-state index contributed by atoms with van der Waals surface area (Å²) in [5, 5.41) is 0.719. The molecule has 2 rings (SSSR count). The molecule has 18 heavy (non-hydrogen) atoms. The standard InChI is InChI=1S/C14H16ClN3/c1-18(9-11-4-6-17-7-5-11)10-12-8-13(15)2-3-14(12)16/h2-8H,9-10,16H2,1H3. The lowest BCUT2D eigenvalue weighted by atomic mass is 10.1. The Morgan fingerprint density at radius 2 is 1.89 bits per heavy atom. The minimum absolute atomic E-state index is 0.719. The van der Waals surface area contributed by atoms with Gasteiger partial charge in [-0.1, -0.05) is 11.6 Å². The number of aromatic nitrogens is 1. The fraction of sp³-hybridized carbons (Fsp3) is 0.214. The number of nitrogen functional groups attached to an aromatic ring is 1. The number of anilines is 1. The van der Waals surface area contributed by atoms with E-state index in [0.717, 1.165) is 29.4 Å². The van der Waals surface area contributed by atoms with Gasteiger partial charge in [0.15, 0.2) is 0 Å². The summed E-state index contributed by atoms with van der Waals surface area (Å²) in [6.45, 7) is 1.63. The Kier molecular flexibility index (Phi) is 4.18. The van der Waals surface area contributed by atoms with Crippen molar-refractivity contribution in [3.63, 3.8) is 0 Å². The van der Waals surface area contributed by atoms with Crippen LogP contribution in [0.3, 0.4) is 0 Å². The van der Waals surface area contributed by atoms with Gasteiger partial charge >= 0.3 is 0 Å². The normalized spacial score (nSPS) is 10.8. The van der Waals surface area contributed by atoms with E-state index in [1.807, 2.05) is 30.3 Å². The minimum atomic E-state index is 0.719. The number of hydrogen-bond acceptors (Lipinski definition) is 3. The second-order valence-corrected chi connectivity index (χ2v) is 4.81. The van der Waals surface area contributed by atoms with Crippen molar-refractivity contribution in [3.05, 3.63) is 58.9 Å². The summed E-state index contributed by atoms with van der Waals surface area (Å²) in [5.41, 5.74) is 9.00. The summed E-state index contributed by atoms with van der Waals surface area (Å²) >= 11 is 5.98. The zero-order valence-corrected chi connectivity index (χ0v) is 11.1. The van der Waals surface area contributed by atoms with Crippen LogP contribution in [0, 0.1) is 0 Å². The van der Waals surface area contributed by atoms with E-state index >= 15 is 0 Å². The second-order valence-electron chi connectivity index (χ2n) is 4.37. The zero-order valence-electron chi connectivity index (χ0n) is 10.3. The van der Waals surface area contributed by atoms with Crippen LogP contribution < -0.4 is 5.73 Å². The van der Waals surface area contributed by atoms with Gasteiger partial charge in [-0.3, -0.25) is 9.88 Å². The Morgan fingerprint density at radius 3 is 2.61 bits per heavy atom. The van der Waals surface area contributed by atoms with E-state index < -0.39 is 0 Å². The Hall–Kier alpha value is -1.58. The molecular weight excluding hydrogens is 246 g/mol. The maximum atomic E-state index is 5.98. The van der Waals surface area contributed by atoms with Crippen LogP contribution in [-0.2, 0) is 13.1 Å². The third-order valence-corrected chi connectivity index (χ3v) is 2.98. The molecule has 1 aromatic heterocycles. The van der Waals surface area contributed by atoms with Crippen LogP contribution in [0.2, 0.25) is 5.02 Å². The smallest absolute Gasteiger partial charge is 0.0410 e. The van der Waals surface area contributed by atoms with Gasteiger partial charge in [0.25, 0.3) is 0 Å². The lowest BCUT2D eigenvalue weighted by Crippen LogP contribution is -2.18. The molecule has 0 saturated heterocycles. The van der Waals surface area contributed by atoms with Crippen molar-refractivity contribution in [3.8, 4) is 0 Å². The highest BCUT2D eigenvalue weighted by molar-refractivity contribution is 6.30. The summed E-state index contributed by atoms with van der Waals surface area (Å²) in [4.78, 5) is 6.20. The van der Waals surface area contributed by atoms with Crippen molar-refractivity contribution in [1.82, 2.24) is 9.88 Å². The van der Waals surface area contributed by atoms with Crippen LogP contribution in [0.4, 0.5) is 5.69 Å². The van der Waals surface area contributed by atoms with Crippen molar-refractivity contribution >= 4 is 17.3 Å². The van der Waals surface area contributed by atoms with Crippen LogP contribution in [-0.4, -0.2) is 16.9 Å². The van der Waals surface area contributed by atoms with Crippen molar-refractivity contribution < 1.29 is 0 Å². The highest BCUT2D eigenvalue weighted by Crippen LogP contribution is 2.19. The first-order chi connectivity index (χ1) is 8.65. The van der Waals surface area contributed by atoms with Crippen LogP contribution in [0.1, 0.15) is 11.1 Å². The molecule has 0 aliphatic heterocycles. The van der Waals surface area contributed by atoms with E-state index in [1.54, 1.807) is 12.4 Å². The topological polar surface area (TPSA) is 42.2 Å². The first-order valence-electron chi connectivity index (χ1n) is 5.76. The van der Waals surface area contributed by atoms with Crippen LogP contribution in [0.5, 0.6) is 0 Å². The number of nitrogens with zero attached hydrogens (tertiary/aromatic N) is 2. The SMILES string of the molecule is CN(Cc1ccncc1)Cc1cc(Cl)ccc1N. The molecule has 0 aliphatic rings. The predicted molar refractivity (Wildman–Crippen MR) is 75.3 cm³/mol. The average Bonchev–Trinajstić information content (AvgIpc) is 2.35. The number of benzene rings is 1. The van der Waals surface area contributed by atoms with E-state index in [4.69, 9.17) is 17.3 Å². The molecule has 1 heterocycles. The van der Waals surface area contributed by atoms with E-state index in [-0.39, 0.29) is 0 Å². The first kappa shape index (κ1) is 12.9. The van der Waals surface area contributed by atoms with Crippen molar-refractivity contribution in [1.29, 1.82) is 0 Å².